The lowest BCUT2D eigenvalue weighted by atomic mass is 10.0. The van der Waals surface area contributed by atoms with E-state index in [-0.39, 0.29) is 11.8 Å². The van der Waals surface area contributed by atoms with Crippen LogP contribution in [0.4, 0.5) is 5.69 Å². The molecule has 2 amide bonds. The predicted octanol–water partition coefficient (Wildman–Crippen LogP) is 4.91. The van der Waals surface area contributed by atoms with E-state index in [2.05, 4.69) is 37.4 Å². The molecule has 0 aromatic heterocycles. The second-order valence-corrected chi connectivity index (χ2v) is 8.88. The summed E-state index contributed by atoms with van der Waals surface area (Å²) in [7, 11) is 0. The zero-order valence-corrected chi connectivity index (χ0v) is 18.7. The summed E-state index contributed by atoms with van der Waals surface area (Å²) < 4.78 is 0. The van der Waals surface area contributed by atoms with Crippen molar-refractivity contribution in [2.75, 3.05) is 17.2 Å². The third-order valence-corrected chi connectivity index (χ3v) is 6.67. The summed E-state index contributed by atoms with van der Waals surface area (Å²) in [6, 6.07) is 22.0. The van der Waals surface area contributed by atoms with Gasteiger partial charge < -0.3 is 10.2 Å². The molecule has 0 aliphatic carbocycles. The fourth-order valence-corrected chi connectivity index (χ4v) is 4.58. The maximum absolute atomic E-state index is 12.8. The van der Waals surface area contributed by atoms with Crippen LogP contribution in [0.3, 0.4) is 0 Å². The quantitative estimate of drug-likeness (QED) is 0.604. The molecule has 5 heteroatoms. The standard InChI is InChI=1S/C26H26N2O2S/c1-18-8-9-20(14-19(18)2)12-13-27-26(30)22-10-11-24-23(15-22)28(25(29)17-31-24)16-21-6-4-3-5-7-21/h3-11,14-15H,12-13,16-17H2,1-2H3,(H,27,30). The molecule has 4 nitrogen and oxygen atoms in total. The summed E-state index contributed by atoms with van der Waals surface area (Å²) in [5, 5.41) is 3.01. The molecule has 3 aromatic rings. The molecule has 0 radical (unpaired) electrons. The van der Waals surface area contributed by atoms with Crippen LogP contribution in [0, 0.1) is 13.8 Å². The van der Waals surface area contributed by atoms with Crippen molar-refractivity contribution in [3.63, 3.8) is 0 Å². The van der Waals surface area contributed by atoms with Gasteiger partial charge in [0.1, 0.15) is 0 Å². The second-order valence-electron chi connectivity index (χ2n) is 7.86. The van der Waals surface area contributed by atoms with Gasteiger partial charge in [-0.2, -0.15) is 0 Å². The van der Waals surface area contributed by atoms with E-state index >= 15 is 0 Å². The van der Waals surface area contributed by atoms with Crippen LogP contribution in [0.25, 0.3) is 0 Å². The first-order valence-corrected chi connectivity index (χ1v) is 11.5. The van der Waals surface area contributed by atoms with E-state index in [0.717, 1.165) is 22.6 Å². The first-order valence-electron chi connectivity index (χ1n) is 10.5. The van der Waals surface area contributed by atoms with Crippen LogP contribution in [0.5, 0.6) is 0 Å². The molecule has 158 valence electrons. The molecule has 0 saturated carbocycles. The van der Waals surface area contributed by atoms with Gasteiger partial charge in [-0.3, -0.25) is 9.59 Å². The van der Waals surface area contributed by atoms with E-state index in [4.69, 9.17) is 0 Å². The van der Waals surface area contributed by atoms with Crippen molar-refractivity contribution in [2.45, 2.75) is 31.7 Å². The number of nitrogens with one attached hydrogen (secondary N) is 1. The first kappa shape index (κ1) is 21.2. The van der Waals surface area contributed by atoms with Gasteiger partial charge in [0, 0.05) is 17.0 Å². The largest absolute Gasteiger partial charge is 0.352 e. The lowest BCUT2D eigenvalue weighted by Crippen LogP contribution is -2.35. The molecule has 0 spiro atoms. The summed E-state index contributed by atoms with van der Waals surface area (Å²) in [5.74, 6) is 0.365. The van der Waals surface area contributed by atoms with Gasteiger partial charge >= 0.3 is 0 Å². The number of hydrogen-bond donors (Lipinski definition) is 1. The number of benzene rings is 3. The van der Waals surface area contributed by atoms with Crippen molar-refractivity contribution >= 4 is 29.3 Å². The predicted molar refractivity (Wildman–Crippen MR) is 127 cm³/mol. The molecule has 0 unspecified atom stereocenters. The molecular weight excluding hydrogens is 404 g/mol. The normalized spacial score (nSPS) is 13.1. The summed E-state index contributed by atoms with van der Waals surface area (Å²) >= 11 is 1.53. The molecular formula is C26H26N2O2S. The van der Waals surface area contributed by atoms with Gasteiger partial charge in [-0.05, 0) is 60.7 Å². The number of thioether (sulfide) groups is 1. The highest BCUT2D eigenvalue weighted by atomic mass is 32.2. The Labute approximate surface area is 187 Å². The minimum atomic E-state index is -0.116. The van der Waals surface area contributed by atoms with E-state index in [1.54, 1.807) is 4.90 Å². The number of aryl methyl sites for hydroxylation is 2. The van der Waals surface area contributed by atoms with E-state index in [1.807, 2.05) is 48.5 Å². The van der Waals surface area contributed by atoms with Crippen molar-refractivity contribution in [3.8, 4) is 0 Å². The third kappa shape index (κ3) is 5.00. The van der Waals surface area contributed by atoms with E-state index in [1.165, 1.54) is 28.5 Å². The van der Waals surface area contributed by atoms with Gasteiger partial charge in [0.05, 0.1) is 18.0 Å². The molecule has 4 rings (SSSR count). The van der Waals surface area contributed by atoms with Crippen LogP contribution in [0.15, 0.2) is 71.6 Å². The Morgan fingerprint density at radius 2 is 1.77 bits per heavy atom. The molecule has 0 saturated heterocycles. The number of fused-ring (bicyclic) bond motifs is 1. The molecule has 1 aliphatic heterocycles. The smallest absolute Gasteiger partial charge is 0.251 e. The van der Waals surface area contributed by atoms with Crippen LogP contribution >= 0.6 is 11.8 Å². The van der Waals surface area contributed by atoms with Crippen LogP contribution in [0.2, 0.25) is 0 Å². The van der Waals surface area contributed by atoms with E-state index in [9.17, 15) is 9.59 Å². The Kier molecular flexibility index (Phi) is 6.42. The van der Waals surface area contributed by atoms with Gasteiger partial charge in [-0.15, -0.1) is 11.8 Å². The number of nitrogens with zero attached hydrogens (tertiary/aromatic N) is 1. The minimum Gasteiger partial charge on any atom is -0.352 e. The van der Waals surface area contributed by atoms with E-state index in [0.29, 0.717) is 24.4 Å². The number of rotatable bonds is 6. The highest BCUT2D eigenvalue weighted by Gasteiger charge is 2.26. The molecule has 0 fully saturated rings. The Hall–Kier alpha value is -3.05. The Morgan fingerprint density at radius 1 is 0.968 bits per heavy atom. The van der Waals surface area contributed by atoms with Gasteiger partial charge in [0.2, 0.25) is 5.91 Å². The van der Waals surface area contributed by atoms with Crippen LogP contribution in [-0.4, -0.2) is 24.1 Å². The Bertz CT molecular complexity index is 1110. The SMILES string of the molecule is Cc1ccc(CCNC(=O)c2ccc3c(c2)N(Cc2ccccc2)C(=O)CS3)cc1C. The number of amides is 2. The van der Waals surface area contributed by atoms with Crippen molar-refractivity contribution in [1.29, 1.82) is 0 Å². The monoisotopic (exact) mass is 430 g/mol. The van der Waals surface area contributed by atoms with Gasteiger partial charge in [0.25, 0.3) is 5.91 Å². The highest BCUT2D eigenvalue weighted by Crippen LogP contribution is 2.36. The van der Waals surface area contributed by atoms with Crippen molar-refractivity contribution in [3.05, 3.63) is 94.5 Å². The summed E-state index contributed by atoms with van der Waals surface area (Å²) in [4.78, 5) is 28.2. The Morgan fingerprint density at radius 3 is 2.55 bits per heavy atom. The van der Waals surface area contributed by atoms with Crippen molar-refractivity contribution in [1.82, 2.24) is 5.32 Å². The summed E-state index contributed by atoms with van der Waals surface area (Å²) in [6.07, 6.45) is 0.784. The fourth-order valence-electron chi connectivity index (χ4n) is 3.66. The average Bonchev–Trinajstić information content (AvgIpc) is 2.78. The van der Waals surface area contributed by atoms with Gasteiger partial charge in [0.15, 0.2) is 0 Å². The lowest BCUT2D eigenvalue weighted by Gasteiger charge is -2.29. The zero-order valence-electron chi connectivity index (χ0n) is 17.9. The summed E-state index contributed by atoms with van der Waals surface area (Å²) in [5.41, 5.74) is 6.20. The number of carbonyl (C=O) groups is 2. The van der Waals surface area contributed by atoms with Gasteiger partial charge in [-0.25, -0.2) is 0 Å². The molecule has 1 heterocycles. The molecule has 1 aliphatic rings. The minimum absolute atomic E-state index is 0.0636. The molecule has 31 heavy (non-hydrogen) atoms. The van der Waals surface area contributed by atoms with Crippen LogP contribution < -0.4 is 10.2 Å². The molecule has 0 atom stereocenters. The average molecular weight is 431 g/mol. The van der Waals surface area contributed by atoms with Crippen molar-refractivity contribution < 1.29 is 9.59 Å². The number of hydrogen-bond acceptors (Lipinski definition) is 3. The fraction of sp³-hybridized carbons (Fsp3) is 0.231. The Balaban J connectivity index is 1.46. The molecule has 3 aromatic carbocycles. The number of carbonyl (C=O) groups excluding carboxylic acids is 2. The molecule has 1 N–H and O–H groups in total. The maximum Gasteiger partial charge on any atom is 0.251 e. The second kappa shape index (κ2) is 9.40. The summed E-state index contributed by atoms with van der Waals surface area (Å²) in [6.45, 7) is 5.27. The maximum atomic E-state index is 12.8. The number of anilines is 1. The topological polar surface area (TPSA) is 49.4 Å². The van der Waals surface area contributed by atoms with Crippen LogP contribution in [0.1, 0.15) is 32.6 Å². The zero-order chi connectivity index (χ0) is 21.8. The van der Waals surface area contributed by atoms with Crippen LogP contribution in [-0.2, 0) is 17.8 Å². The third-order valence-electron chi connectivity index (χ3n) is 5.62. The molecule has 0 bridgehead atoms. The van der Waals surface area contributed by atoms with Gasteiger partial charge in [-0.1, -0.05) is 48.5 Å². The van der Waals surface area contributed by atoms with Crippen molar-refractivity contribution in [2.24, 2.45) is 0 Å². The highest BCUT2D eigenvalue weighted by molar-refractivity contribution is 8.00. The van der Waals surface area contributed by atoms with E-state index < -0.39 is 0 Å². The first-order chi connectivity index (χ1) is 15.0. The lowest BCUT2D eigenvalue weighted by molar-refractivity contribution is -0.116.